The highest BCUT2D eigenvalue weighted by molar-refractivity contribution is 5.94. The van der Waals surface area contributed by atoms with Crippen LogP contribution in [0.25, 0.3) is 0 Å². The largest absolute Gasteiger partial charge is 0.469 e. The maximum atomic E-state index is 11.6. The number of benzene rings is 1. The number of methoxy groups -OCH3 is 1. The van der Waals surface area contributed by atoms with Crippen molar-refractivity contribution in [3.8, 4) is 0 Å². The van der Waals surface area contributed by atoms with Crippen LogP contribution in [0.5, 0.6) is 0 Å². The van der Waals surface area contributed by atoms with Gasteiger partial charge >= 0.3 is 5.97 Å². The number of hydrogen-bond donors (Lipinski definition) is 3. The second kappa shape index (κ2) is 11.0. The van der Waals surface area contributed by atoms with E-state index in [2.05, 4.69) is 25.7 Å². The summed E-state index contributed by atoms with van der Waals surface area (Å²) in [6, 6.07) is 7.51. The standard InChI is InChI=1S/C17H26N4O3/c1-4-19-17(21-11-9-15(22)24-3)20-10-8-13-6-5-7-14(12-13)16(23)18-2/h5-7,12H,4,8-11H2,1-3H3,(H,18,23)(H2,19,20,21). The Balaban J connectivity index is 2.51. The smallest absolute Gasteiger partial charge is 0.307 e. The lowest BCUT2D eigenvalue weighted by atomic mass is 10.1. The molecule has 0 bridgehead atoms. The molecule has 1 aromatic carbocycles. The van der Waals surface area contributed by atoms with E-state index < -0.39 is 0 Å². The van der Waals surface area contributed by atoms with Gasteiger partial charge < -0.3 is 20.7 Å². The van der Waals surface area contributed by atoms with E-state index in [4.69, 9.17) is 0 Å². The monoisotopic (exact) mass is 334 g/mol. The predicted octanol–water partition coefficient (Wildman–Crippen LogP) is 0.707. The molecule has 1 rings (SSSR count). The molecule has 0 aliphatic heterocycles. The molecule has 0 aliphatic rings. The van der Waals surface area contributed by atoms with Crippen molar-refractivity contribution in [3.05, 3.63) is 35.4 Å². The van der Waals surface area contributed by atoms with Crippen LogP contribution in [-0.4, -0.2) is 51.6 Å². The summed E-state index contributed by atoms with van der Waals surface area (Å²) in [5.41, 5.74) is 1.71. The molecule has 0 spiro atoms. The van der Waals surface area contributed by atoms with E-state index in [0.717, 1.165) is 18.5 Å². The Morgan fingerprint density at radius 1 is 1.25 bits per heavy atom. The average Bonchev–Trinajstić information content (AvgIpc) is 2.61. The molecule has 0 aromatic heterocycles. The van der Waals surface area contributed by atoms with Crippen LogP contribution in [-0.2, 0) is 16.0 Å². The number of guanidine groups is 1. The number of aliphatic imine (C=N–C) groups is 1. The highest BCUT2D eigenvalue weighted by atomic mass is 16.5. The summed E-state index contributed by atoms with van der Waals surface area (Å²) < 4.78 is 4.59. The zero-order valence-electron chi connectivity index (χ0n) is 14.5. The molecule has 0 fully saturated rings. The highest BCUT2D eigenvalue weighted by Gasteiger charge is 2.04. The minimum atomic E-state index is -0.277. The lowest BCUT2D eigenvalue weighted by molar-refractivity contribution is -0.140. The first kappa shape index (κ1) is 19.5. The van der Waals surface area contributed by atoms with Gasteiger partial charge in [-0.25, -0.2) is 0 Å². The van der Waals surface area contributed by atoms with E-state index >= 15 is 0 Å². The van der Waals surface area contributed by atoms with Gasteiger partial charge in [0, 0.05) is 25.7 Å². The molecule has 7 nitrogen and oxygen atoms in total. The number of nitrogens with one attached hydrogen (secondary N) is 3. The van der Waals surface area contributed by atoms with Crippen LogP contribution in [0.4, 0.5) is 0 Å². The van der Waals surface area contributed by atoms with Gasteiger partial charge in [0.15, 0.2) is 5.96 Å². The Morgan fingerprint density at radius 3 is 2.71 bits per heavy atom. The fraction of sp³-hybridized carbons (Fsp3) is 0.471. The Bertz CT molecular complexity index is 573. The number of carbonyl (C=O) groups is 2. The van der Waals surface area contributed by atoms with E-state index in [-0.39, 0.29) is 18.3 Å². The van der Waals surface area contributed by atoms with Crippen molar-refractivity contribution in [2.75, 3.05) is 33.8 Å². The summed E-state index contributed by atoms with van der Waals surface area (Å²) in [5.74, 6) is 0.284. The molecule has 1 aromatic rings. The second-order valence-corrected chi connectivity index (χ2v) is 5.04. The maximum absolute atomic E-state index is 11.6. The van der Waals surface area contributed by atoms with Gasteiger partial charge in [-0.1, -0.05) is 12.1 Å². The van der Waals surface area contributed by atoms with Gasteiger partial charge in [-0.05, 0) is 31.0 Å². The van der Waals surface area contributed by atoms with Crippen LogP contribution in [0.15, 0.2) is 29.3 Å². The van der Waals surface area contributed by atoms with E-state index in [1.165, 1.54) is 7.11 Å². The van der Waals surface area contributed by atoms with Gasteiger partial charge in [0.1, 0.15) is 0 Å². The third-order valence-corrected chi connectivity index (χ3v) is 3.28. The van der Waals surface area contributed by atoms with Crippen molar-refractivity contribution in [3.63, 3.8) is 0 Å². The number of ether oxygens (including phenoxy) is 1. The molecule has 0 unspecified atom stereocenters. The van der Waals surface area contributed by atoms with Gasteiger partial charge in [-0.15, -0.1) is 0 Å². The summed E-state index contributed by atoms with van der Waals surface area (Å²) in [4.78, 5) is 27.1. The molecule has 132 valence electrons. The van der Waals surface area contributed by atoms with Crippen molar-refractivity contribution in [2.45, 2.75) is 19.8 Å². The minimum absolute atomic E-state index is 0.0949. The first-order valence-corrected chi connectivity index (χ1v) is 8.00. The van der Waals surface area contributed by atoms with Crippen molar-refractivity contribution in [1.29, 1.82) is 0 Å². The SMILES string of the molecule is CCNC(=NCCC(=O)OC)NCCc1cccc(C(=O)NC)c1. The zero-order valence-corrected chi connectivity index (χ0v) is 14.5. The molecular weight excluding hydrogens is 308 g/mol. The normalized spacial score (nSPS) is 10.9. The van der Waals surface area contributed by atoms with Crippen molar-refractivity contribution < 1.29 is 14.3 Å². The summed E-state index contributed by atoms with van der Waals surface area (Å²) in [6.45, 7) is 3.75. The number of hydrogen-bond acceptors (Lipinski definition) is 4. The Hall–Kier alpha value is -2.57. The molecule has 0 saturated carbocycles. The summed E-state index contributed by atoms with van der Waals surface area (Å²) in [5, 5.41) is 8.95. The first-order chi connectivity index (χ1) is 11.6. The molecule has 0 atom stereocenters. The van der Waals surface area contributed by atoms with Crippen molar-refractivity contribution in [1.82, 2.24) is 16.0 Å². The van der Waals surface area contributed by atoms with E-state index in [0.29, 0.717) is 24.6 Å². The number of nitrogens with zero attached hydrogens (tertiary/aromatic N) is 1. The fourth-order valence-electron chi connectivity index (χ4n) is 2.04. The number of carbonyl (C=O) groups excluding carboxylic acids is 2. The van der Waals surface area contributed by atoms with Gasteiger partial charge in [-0.2, -0.15) is 0 Å². The van der Waals surface area contributed by atoms with Crippen molar-refractivity contribution >= 4 is 17.8 Å². The highest BCUT2D eigenvalue weighted by Crippen LogP contribution is 2.05. The van der Waals surface area contributed by atoms with Crippen LogP contribution in [0.3, 0.4) is 0 Å². The van der Waals surface area contributed by atoms with E-state index in [1.807, 2.05) is 25.1 Å². The lowest BCUT2D eigenvalue weighted by Gasteiger charge is -2.11. The summed E-state index contributed by atoms with van der Waals surface area (Å²) in [6.07, 6.45) is 1.01. The molecular formula is C17H26N4O3. The Kier molecular flexibility index (Phi) is 8.96. The van der Waals surface area contributed by atoms with E-state index in [9.17, 15) is 9.59 Å². The lowest BCUT2D eigenvalue weighted by Crippen LogP contribution is -2.38. The average molecular weight is 334 g/mol. The van der Waals surface area contributed by atoms with Gasteiger partial charge in [0.05, 0.1) is 20.1 Å². The van der Waals surface area contributed by atoms with Crippen LogP contribution in [0.1, 0.15) is 29.3 Å². The van der Waals surface area contributed by atoms with Crippen LogP contribution in [0.2, 0.25) is 0 Å². The quantitative estimate of drug-likeness (QED) is 0.370. The fourth-order valence-corrected chi connectivity index (χ4v) is 2.04. The number of rotatable bonds is 8. The summed E-state index contributed by atoms with van der Waals surface area (Å²) >= 11 is 0. The maximum Gasteiger partial charge on any atom is 0.307 e. The summed E-state index contributed by atoms with van der Waals surface area (Å²) in [7, 11) is 2.98. The van der Waals surface area contributed by atoms with Crippen LogP contribution < -0.4 is 16.0 Å². The molecule has 7 heteroatoms. The molecule has 0 heterocycles. The van der Waals surface area contributed by atoms with Crippen molar-refractivity contribution in [2.24, 2.45) is 4.99 Å². The minimum Gasteiger partial charge on any atom is -0.469 e. The first-order valence-electron chi connectivity index (χ1n) is 8.00. The van der Waals surface area contributed by atoms with Gasteiger partial charge in [-0.3, -0.25) is 14.6 Å². The Morgan fingerprint density at radius 2 is 2.04 bits per heavy atom. The number of amides is 1. The Labute approximate surface area is 142 Å². The third kappa shape index (κ3) is 7.13. The van der Waals surface area contributed by atoms with Crippen LogP contribution >= 0.6 is 0 Å². The molecule has 1 amide bonds. The topological polar surface area (TPSA) is 91.8 Å². The molecule has 3 N–H and O–H groups in total. The number of esters is 1. The zero-order chi connectivity index (χ0) is 17.8. The van der Waals surface area contributed by atoms with Gasteiger partial charge in [0.25, 0.3) is 5.91 Å². The van der Waals surface area contributed by atoms with E-state index in [1.54, 1.807) is 13.1 Å². The predicted molar refractivity (Wildman–Crippen MR) is 94.2 cm³/mol. The second-order valence-electron chi connectivity index (χ2n) is 5.04. The molecule has 0 saturated heterocycles. The molecule has 0 radical (unpaired) electrons. The molecule has 0 aliphatic carbocycles. The van der Waals surface area contributed by atoms with Gasteiger partial charge in [0.2, 0.25) is 0 Å². The molecule has 24 heavy (non-hydrogen) atoms. The van der Waals surface area contributed by atoms with Crippen LogP contribution in [0, 0.1) is 0 Å². The third-order valence-electron chi connectivity index (χ3n) is 3.28.